The van der Waals surface area contributed by atoms with Crippen molar-refractivity contribution in [2.45, 2.75) is 6.18 Å². The summed E-state index contributed by atoms with van der Waals surface area (Å²) in [4.78, 5) is 0. The van der Waals surface area contributed by atoms with Gasteiger partial charge in [-0.2, -0.15) is 18.3 Å². The van der Waals surface area contributed by atoms with Gasteiger partial charge in [0.25, 0.3) is 0 Å². The lowest BCUT2D eigenvalue weighted by molar-refractivity contribution is -0.137. The minimum absolute atomic E-state index is 0.0954. The Bertz CT molecular complexity index is 672. The van der Waals surface area contributed by atoms with Crippen molar-refractivity contribution < 1.29 is 18.3 Å². The van der Waals surface area contributed by atoms with Crippen LogP contribution in [0.25, 0.3) is 0 Å². The Labute approximate surface area is 127 Å². The van der Waals surface area contributed by atoms with E-state index in [2.05, 4.69) is 26.5 Å². The van der Waals surface area contributed by atoms with Crippen LogP contribution in [0.2, 0.25) is 0 Å². The Hall–Kier alpha value is -2.02. The van der Waals surface area contributed by atoms with Gasteiger partial charge < -0.3 is 5.11 Å². The van der Waals surface area contributed by atoms with Crippen molar-refractivity contribution in [3.05, 3.63) is 58.1 Å². The number of hydrazone groups is 1. The van der Waals surface area contributed by atoms with E-state index in [1.54, 1.807) is 12.1 Å². The Morgan fingerprint density at radius 3 is 2.57 bits per heavy atom. The van der Waals surface area contributed by atoms with Crippen molar-refractivity contribution in [1.82, 2.24) is 0 Å². The number of halogens is 4. The zero-order valence-electron chi connectivity index (χ0n) is 10.5. The second kappa shape index (κ2) is 6.17. The van der Waals surface area contributed by atoms with Crippen LogP contribution in [-0.4, -0.2) is 11.3 Å². The summed E-state index contributed by atoms with van der Waals surface area (Å²) >= 11 is 3.16. The summed E-state index contributed by atoms with van der Waals surface area (Å²) in [5.74, 6) is 0.0954. The Morgan fingerprint density at radius 1 is 1.14 bits per heavy atom. The first kappa shape index (κ1) is 15.4. The van der Waals surface area contributed by atoms with Gasteiger partial charge in [-0.15, -0.1) is 0 Å². The maximum atomic E-state index is 12.5. The van der Waals surface area contributed by atoms with Gasteiger partial charge in [-0.3, -0.25) is 5.43 Å². The zero-order valence-corrected chi connectivity index (χ0v) is 12.1. The molecular weight excluding hydrogens is 349 g/mol. The smallest absolute Gasteiger partial charge is 0.416 e. The minimum atomic E-state index is -4.39. The van der Waals surface area contributed by atoms with Crippen molar-refractivity contribution in [1.29, 1.82) is 0 Å². The SMILES string of the molecule is Oc1ccc(C=NNc2cccc(C(F)(F)F)c2)cc1Br. The summed E-state index contributed by atoms with van der Waals surface area (Å²) in [6, 6.07) is 9.49. The van der Waals surface area contributed by atoms with Crippen LogP contribution in [0.15, 0.2) is 52.0 Å². The van der Waals surface area contributed by atoms with Crippen LogP contribution in [-0.2, 0) is 6.18 Å². The van der Waals surface area contributed by atoms with Crippen LogP contribution in [0.1, 0.15) is 11.1 Å². The summed E-state index contributed by atoms with van der Waals surface area (Å²) in [5.41, 5.74) is 2.71. The number of phenolic OH excluding ortho intramolecular Hbond substituents is 1. The molecule has 2 aromatic rings. The maximum Gasteiger partial charge on any atom is 0.416 e. The number of rotatable bonds is 3. The molecule has 110 valence electrons. The van der Waals surface area contributed by atoms with E-state index in [1.807, 2.05) is 0 Å². The third-order valence-corrected chi connectivity index (χ3v) is 3.20. The first-order valence-corrected chi connectivity index (χ1v) is 6.60. The van der Waals surface area contributed by atoms with Gasteiger partial charge >= 0.3 is 6.18 Å². The van der Waals surface area contributed by atoms with Crippen molar-refractivity contribution in [3.8, 4) is 5.75 Å². The third kappa shape index (κ3) is 4.22. The van der Waals surface area contributed by atoms with Gasteiger partial charge in [0.2, 0.25) is 0 Å². The first-order chi connectivity index (χ1) is 9.86. The van der Waals surface area contributed by atoms with E-state index in [9.17, 15) is 18.3 Å². The molecule has 0 bridgehead atoms. The third-order valence-electron chi connectivity index (χ3n) is 2.57. The summed E-state index contributed by atoms with van der Waals surface area (Å²) in [5, 5.41) is 13.2. The summed E-state index contributed by atoms with van der Waals surface area (Å²) in [6.07, 6.45) is -2.95. The summed E-state index contributed by atoms with van der Waals surface area (Å²) in [6.45, 7) is 0. The highest BCUT2D eigenvalue weighted by Gasteiger charge is 2.30. The van der Waals surface area contributed by atoms with Gasteiger partial charge in [0, 0.05) is 0 Å². The molecule has 0 aromatic heterocycles. The second-order valence-corrected chi connectivity index (χ2v) is 5.01. The molecular formula is C14H10BrF3N2O. The molecule has 0 aliphatic carbocycles. The predicted octanol–water partition coefficient (Wildman–Crippen LogP) is 4.62. The number of anilines is 1. The van der Waals surface area contributed by atoms with E-state index in [4.69, 9.17) is 0 Å². The van der Waals surface area contributed by atoms with Crippen molar-refractivity contribution in [3.63, 3.8) is 0 Å². The number of nitrogens with zero attached hydrogens (tertiary/aromatic N) is 1. The van der Waals surface area contributed by atoms with E-state index < -0.39 is 11.7 Å². The standard InChI is InChI=1S/C14H10BrF3N2O/c15-12-6-9(4-5-13(12)21)8-19-20-11-3-1-2-10(7-11)14(16,17)18/h1-8,20-21H. The van der Waals surface area contributed by atoms with Gasteiger partial charge in [0.15, 0.2) is 0 Å². The van der Waals surface area contributed by atoms with Gasteiger partial charge in [-0.25, -0.2) is 0 Å². The predicted molar refractivity (Wildman–Crippen MR) is 78.5 cm³/mol. The largest absolute Gasteiger partial charge is 0.507 e. The monoisotopic (exact) mass is 358 g/mol. The fourth-order valence-electron chi connectivity index (χ4n) is 1.55. The molecule has 0 radical (unpaired) electrons. The lowest BCUT2D eigenvalue weighted by Crippen LogP contribution is -2.05. The maximum absolute atomic E-state index is 12.5. The van der Waals surface area contributed by atoms with Gasteiger partial charge in [0.05, 0.1) is 21.9 Å². The first-order valence-electron chi connectivity index (χ1n) is 5.81. The van der Waals surface area contributed by atoms with Crippen LogP contribution in [0.3, 0.4) is 0 Å². The number of benzene rings is 2. The molecule has 2 rings (SSSR count). The average Bonchev–Trinajstić information content (AvgIpc) is 2.42. The summed E-state index contributed by atoms with van der Waals surface area (Å²) < 4.78 is 38.1. The topological polar surface area (TPSA) is 44.6 Å². The Kier molecular flexibility index (Phi) is 4.52. The van der Waals surface area contributed by atoms with Gasteiger partial charge in [-0.05, 0) is 57.9 Å². The number of aromatic hydroxyl groups is 1. The number of nitrogens with one attached hydrogen (secondary N) is 1. The number of hydrogen-bond donors (Lipinski definition) is 2. The normalized spacial score (nSPS) is 11.8. The van der Waals surface area contributed by atoms with E-state index in [0.29, 0.717) is 10.0 Å². The summed E-state index contributed by atoms with van der Waals surface area (Å²) in [7, 11) is 0. The van der Waals surface area contributed by atoms with Crippen molar-refractivity contribution in [2.75, 3.05) is 5.43 Å². The van der Waals surface area contributed by atoms with Crippen LogP contribution < -0.4 is 5.43 Å². The highest BCUT2D eigenvalue weighted by molar-refractivity contribution is 9.10. The van der Waals surface area contributed by atoms with Crippen molar-refractivity contribution in [2.24, 2.45) is 5.10 Å². The highest BCUT2D eigenvalue weighted by Crippen LogP contribution is 2.30. The zero-order chi connectivity index (χ0) is 15.5. The van der Waals surface area contributed by atoms with Crippen LogP contribution in [0.4, 0.5) is 18.9 Å². The fraction of sp³-hybridized carbons (Fsp3) is 0.0714. The molecule has 0 atom stereocenters. The Balaban J connectivity index is 2.09. The fourth-order valence-corrected chi connectivity index (χ4v) is 1.95. The molecule has 0 fully saturated rings. The molecule has 0 saturated carbocycles. The molecule has 0 spiro atoms. The minimum Gasteiger partial charge on any atom is -0.507 e. The molecule has 2 aromatic carbocycles. The number of hydrogen-bond acceptors (Lipinski definition) is 3. The molecule has 0 unspecified atom stereocenters. The van der Waals surface area contributed by atoms with Crippen molar-refractivity contribution >= 4 is 27.8 Å². The van der Waals surface area contributed by atoms with Crippen LogP contribution >= 0.6 is 15.9 Å². The molecule has 0 amide bonds. The highest BCUT2D eigenvalue weighted by atomic mass is 79.9. The lowest BCUT2D eigenvalue weighted by Gasteiger charge is -2.08. The molecule has 0 heterocycles. The average molecular weight is 359 g/mol. The van der Waals surface area contributed by atoms with Crippen LogP contribution in [0.5, 0.6) is 5.75 Å². The van der Waals surface area contributed by atoms with E-state index in [0.717, 1.165) is 12.1 Å². The van der Waals surface area contributed by atoms with Gasteiger partial charge in [0.1, 0.15) is 5.75 Å². The number of phenols is 1. The van der Waals surface area contributed by atoms with E-state index in [-0.39, 0.29) is 11.4 Å². The lowest BCUT2D eigenvalue weighted by atomic mass is 10.2. The quantitative estimate of drug-likeness (QED) is 0.621. The molecule has 7 heteroatoms. The van der Waals surface area contributed by atoms with E-state index in [1.165, 1.54) is 24.4 Å². The van der Waals surface area contributed by atoms with E-state index >= 15 is 0 Å². The molecule has 0 aliphatic heterocycles. The Morgan fingerprint density at radius 2 is 1.90 bits per heavy atom. The molecule has 3 nitrogen and oxygen atoms in total. The van der Waals surface area contributed by atoms with Crippen LogP contribution in [0, 0.1) is 0 Å². The molecule has 0 saturated heterocycles. The molecule has 21 heavy (non-hydrogen) atoms. The van der Waals surface area contributed by atoms with Gasteiger partial charge in [-0.1, -0.05) is 6.07 Å². The molecule has 0 aliphatic rings. The number of alkyl halides is 3. The molecule has 2 N–H and O–H groups in total. The second-order valence-electron chi connectivity index (χ2n) is 4.16.